The van der Waals surface area contributed by atoms with Gasteiger partial charge >= 0.3 is 6.03 Å². The molecule has 1 aromatic heterocycles. The predicted molar refractivity (Wildman–Crippen MR) is 71.7 cm³/mol. The Labute approximate surface area is 108 Å². The first-order valence-electron chi connectivity index (χ1n) is 5.63. The Morgan fingerprint density at radius 1 is 1.22 bits per heavy atom. The van der Waals surface area contributed by atoms with E-state index in [1.54, 1.807) is 0 Å². The highest BCUT2D eigenvalue weighted by Gasteiger charge is 2.17. The van der Waals surface area contributed by atoms with Crippen LogP contribution < -0.4 is 16.0 Å². The molecule has 2 amide bonds. The summed E-state index contributed by atoms with van der Waals surface area (Å²) in [5.41, 5.74) is 1.80. The Bertz CT molecular complexity index is 545. The molecule has 1 aliphatic heterocycles. The van der Waals surface area contributed by atoms with E-state index in [0.717, 1.165) is 24.5 Å². The highest BCUT2D eigenvalue weighted by Crippen LogP contribution is 2.26. The number of carbonyl (C=O) groups is 1. The summed E-state index contributed by atoms with van der Waals surface area (Å²) in [6, 6.07) is 9.07. The summed E-state index contributed by atoms with van der Waals surface area (Å²) in [5, 5.41) is 9.36. The van der Waals surface area contributed by atoms with Crippen molar-refractivity contribution in [2.24, 2.45) is 0 Å². The minimum Gasteiger partial charge on any atom is -0.308 e. The van der Waals surface area contributed by atoms with Crippen LogP contribution in [0.15, 0.2) is 30.3 Å². The number of urea groups is 1. The molecule has 0 saturated carbocycles. The van der Waals surface area contributed by atoms with E-state index in [2.05, 4.69) is 20.9 Å². The number of hydrogen-bond acceptors (Lipinski definition) is 4. The number of para-hydroxylation sites is 1. The van der Waals surface area contributed by atoms with Crippen LogP contribution >= 0.6 is 11.3 Å². The SMILES string of the molecule is O=C(Nc1ccccc1)Nc1nc2c(s1)CNC2. The van der Waals surface area contributed by atoms with Crippen molar-refractivity contribution in [3.05, 3.63) is 40.9 Å². The number of aromatic nitrogens is 1. The van der Waals surface area contributed by atoms with Gasteiger partial charge in [-0.15, -0.1) is 0 Å². The fourth-order valence-electron chi connectivity index (χ4n) is 1.79. The van der Waals surface area contributed by atoms with Gasteiger partial charge in [0.05, 0.1) is 5.69 Å². The second-order valence-corrected chi connectivity index (χ2v) is 5.02. The van der Waals surface area contributed by atoms with Gasteiger partial charge in [0.15, 0.2) is 5.13 Å². The molecule has 0 spiro atoms. The van der Waals surface area contributed by atoms with Gasteiger partial charge in [0.2, 0.25) is 0 Å². The summed E-state index contributed by atoms with van der Waals surface area (Å²) in [7, 11) is 0. The van der Waals surface area contributed by atoms with Crippen LogP contribution in [0.3, 0.4) is 0 Å². The number of rotatable bonds is 2. The number of nitrogens with zero attached hydrogens (tertiary/aromatic N) is 1. The summed E-state index contributed by atoms with van der Waals surface area (Å²) in [6.45, 7) is 1.63. The zero-order valence-electron chi connectivity index (χ0n) is 9.56. The van der Waals surface area contributed by atoms with Crippen LogP contribution in [0.4, 0.5) is 15.6 Å². The highest BCUT2D eigenvalue weighted by atomic mass is 32.1. The molecule has 0 aliphatic carbocycles. The number of amides is 2. The van der Waals surface area contributed by atoms with Gasteiger partial charge < -0.3 is 10.6 Å². The second-order valence-electron chi connectivity index (χ2n) is 3.94. The fraction of sp³-hybridized carbons (Fsp3) is 0.167. The van der Waals surface area contributed by atoms with E-state index >= 15 is 0 Å². The van der Waals surface area contributed by atoms with Crippen LogP contribution in [-0.4, -0.2) is 11.0 Å². The predicted octanol–water partition coefficient (Wildman–Crippen LogP) is 2.39. The molecule has 92 valence electrons. The van der Waals surface area contributed by atoms with Crippen LogP contribution in [0.25, 0.3) is 0 Å². The van der Waals surface area contributed by atoms with Crippen LogP contribution in [0, 0.1) is 0 Å². The molecular weight excluding hydrogens is 248 g/mol. The second kappa shape index (κ2) is 4.75. The van der Waals surface area contributed by atoms with Gasteiger partial charge in [-0.25, -0.2) is 9.78 Å². The molecule has 1 aromatic carbocycles. The summed E-state index contributed by atoms with van der Waals surface area (Å²) >= 11 is 1.52. The molecule has 0 radical (unpaired) electrons. The number of carbonyl (C=O) groups excluding carboxylic acids is 1. The van der Waals surface area contributed by atoms with E-state index in [4.69, 9.17) is 0 Å². The summed E-state index contributed by atoms with van der Waals surface area (Å²) in [4.78, 5) is 17.3. The highest BCUT2D eigenvalue weighted by molar-refractivity contribution is 7.15. The first-order valence-corrected chi connectivity index (χ1v) is 6.45. The van der Waals surface area contributed by atoms with Crippen molar-refractivity contribution in [2.45, 2.75) is 13.1 Å². The largest absolute Gasteiger partial charge is 0.325 e. The van der Waals surface area contributed by atoms with Crippen LogP contribution in [0.5, 0.6) is 0 Å². The van der Waals surface area contributed by atoms with E-state index in [1.807, 2.05) is 30.3 Å². The van der Waals surface area contributed by atoms with Crippen molar-refractivity contribution in [1.29, 1.82) is 0 Å². The quantitative estimate of drug-likeness (QED) is 0.776. The zero-order chi connectivity index (χ0) is 12.4. The van der Waals surface area contributed by atoms with Crippen molar-refractivity contribution in [3.8, 4) is 0 Å². The Kier molecular flexibility index (Phi) is 2.95. The standard InChI is InChI=1S/C12H12N4OS/c17-11(14-8-4-2-1-3-5-8)16-12-15-9-6-13-7-10(9)18-12/h1-5,13H,6-7H2,(H2,14,15,16,17). The maximum Gasteiger partial charge on any atom is 0.325 e. The molecule has 0 atom stereocenters. The molecular formula is C12H12N4OS. The summed E-state index contributed by atoms with van der Waals surface area (Å²) in [6.07, 6.45) is 0. The Hall–Kier alpha value is -1.92. The van der Waals surface area contributed by atoms with Gasteiger partial charge in [0.1, 0.15) is 0 Å². The van der Waals surface area contributed by atoms with E-state index in [1.165, 1.54) is 16.2 Å². The zero-order valence-corrected chi connectivity index (χ0v) is 10.4. The molecule has 3 N–H and O–H groups in total. The van der Waals surface area contributed by atoms with Gasteiger partial charge in [-0.3, -0.25) is 5.32 Å². The monoisotopic (exact) mass is 260 g/mol. The minimum atomic E-state index is -0.262. The van der Waals surface area contributed by atoms with Crippen molar-refractivity contribution >= 4 is 28.2 Å². The lowest BCUT2D eigenvalue weighted by Gasteiger charge is -2.04. The molecule has 2 heterocycles. The average Bonchev–Trinajstić information content (AvgIpc) is 2.90. The number of nitrogens with one attached hydrogen (secondary N) is 3. The van der Waals surface area contributed by atoms with Gasteiger partial charge in [-0.05, 0) is 12.1 Å². The number of benzene rings is 1. The van der Waals surface area contributed by atoms with E-state index < -0.39 is 0 Å². The Morgan fingerprint density at radius 2 is 2.06 bits per heavy atom. The average molecular weight is 260 g/mol. The third-order valence-electron chi connectivity index (χ3n) is 2.61. The van der Waals surface area contributed by atoms with Crippen LogP contribution in [0.2, 0.25) is 0 Å². The fourth-order valence-corrected chi connectivity index (χ4v) is 2.73. The van der Waals surface area contributed by atoms with Gasteiger partial charge in [-0.1, -0.05) is 29.5 Å². The lowest BCUT2D eigenvalue weighted by molar-refractivity contribution is 0.262. The lowest BCUT2D eigenvalue weighted by Crippen LogP contribution is -2.19. The maximum absolute atomic E-state index is 11.7. The number of thiazole rings is 1. The molecule has 6 heteroatoms. The third kappa shape index (κ3) is 2.34. The van der Waals surface area contributed by atoms with Crippen molar-refractivity contribution in [3.63, 3.8) is 0 Å². The first kappa shape index (κ1) is 11.2. The third-order valence-corrected chi connectivity index (χ3v) is 3.62. The molecule has 3 rings (SSSR count). The summed E-state index contributed by atoms with van der Waals surface area (Å²) < 4.78 is 0. The molecule has 0 unspecified atom stereocenters. The van der Waals surface area contributed by atoms with Crippen molar-refractivity contribution in [1.82, 2.24) is 10.3 Å². The van der Waals surface area contributed by atoms with E-state index in [-0.39, 0.29) is 6.03 Å². The van der Waals surface area contributed by atoms with Crippen molar-refractivity contribution in [2.75, 3.05) is 10.6 Å². The van der Waals surface area contributed by atoms with Gasteiger partial charge in [-0.2, -0.15) is 0 Å². The van der Waals surface area contributed by atoms with Crippen LogP contribution in [-0.2, 0) is 13.1 Å². The number of hydrogen-bond donors (Lipinski definition) is 3. The molecule has 2 aromatic rings. The normalized spacial score (nSPS) is 13.1. The lowest BCUT2D eigenvalue weighted by atomic mass is 10.3. The summed E-state index contributed by atoms with van der Waals surface area (Å²) in [5.74, 6) is 0. The Morgan fingerprint density at radius 3 is 2.83 bits per heavy atom. The Balaban J connectivity index is 1.64. The molecule has 18 heavy (non-hydrogen) atoms. The maximum atomic E-state index is 11.7. The smallest absolute Gasteiger partial charge is 0.308 e. The molecule has 0 fully saturated rings. The molecule has 0 bridgehead atoms. The topological polar surface area (TPSA) is 66.0 Å². The van der Waals surface area contributed by atoms with Gasteiger partial charge in [0, 0.05) is 23.7 Å². The number of anilines is 2. The molecule has 5 nitrogen and oxygen atoms in total. The minimum absolute atomic E-state index is 0.262. The molecule has 1 aliphatic rings. The van der Waals surface area contributed by atoms with Crippen molar-refractivity contribution < 1.29 is 4.79 Å². The number of fused-ring (bicyclic) bond motifs is 1. The van der Waals surface area contributed by atoms with Gasteiger partial charge in [0.25, 0.3) is 0 Å². The first-order chi connectivity index (χ1) is 8.81. The van der Waals surface area contributed by atoms with E-state index in [9.17, 15) is 4.79 Å². The van der Waals surface area contributed by atoms with Crippen LogP contribution in [0.1, 0.15) is 10.6 Å². The van der Waals surface area contributed by atoms with E-state index in [0.29, 0.717) is 5.13 Å². The molecule has 0 saturated heterocycles.